The molecule has 24 heavy (non-hydrogen) atoms. The van der Waals surface area contributed by atoms with Crippen molar-refractivity contribution < 1.29 is 23.8 Å². The predicted octanol–water partition coefficient (Wildman–Crippen LogP) is 3.64. The number of hydrogen-bond donors (Lipinski definition) is 1. The Morgan fingerprint density at radius 1 is 1.25 bits per heavy atom. The van der Waals surface area contributed by atoms with E-state index in [9.17, 15) is 19.1 Å². The Balaban J connectivity index is 2.05. The first kappa shape index (κ1) is 18.2. The van der Waals surface area contributed by atoms with Crippen LogP contribution in [0.15, 0.2) is 24.3 Å². The average molecular weight is 337 g/mol. The second kappa shape index (κ2) is 7.20. The van der Waals surface area contributed by atoms with E-state index in [-0.39, 0.29) is 11.5 Å². The molecule has 6 heteroatoms. The Labute approximate surface area is 141 Å². The van der Waals surface area contributed by atoms with E-state index in [1.165, 1.54) is 12.1 Å². The molecule has 132 valence electrons. The molecule has 0 radical (unpaired) electrons. The number of aliphatic carboxylic acids is 1. The van der Waals surface area contributed by atoms with Gasteiger partial charge < -0.3 is 14.7 Å². The van der Waals surface area contributed by atoms with Crippen LogP contribution in [0.2, 0.25) is 0 Å². The lowest BCUT2D eigenvalue weighted by atomic mass is 9.80. The summed E-state index contributed by atoms with van der Waals surface area (Å²) in [6.45, 7) is 6.23. The number of piperidine rings is 1. The summed E-state index contributed by atoms with van der Waals surface area (Å²) in [5.41, 5.74) is -0.356. The van der Waals surface area contributed by atoms with Crippen LogP contribution < -0.4 is 0 Å². The highest BCUT2D eigenvalue weighted by Crippen LogP contribution is 2.34. The number of hydrogen-bond acceptors (Lipinski definition) is 3. The van der Waals surface area contributed by atoms with Crippen molar-refractivity contribution in [1.29, 1.82) is 0 Å². The van der Waals surface area contributed by atoms with Gasteiger partial charge in [0.2, 0.25) is 0 Å². The zero-order valence-corrected chi connectivity index (χ0v) is 14.3. The third-order valence-electron chi connectivity index (χ3n) is 4.17. The lowest BCUT2D eigenvalue weighted by Gasteiger charge is -2.35. The highest BCUT2D eigenvalue weighted by Gasteiger charge is 2.36. The summed E-state index contributed by atoms with van der Waals surface area (Å²) in [4.78, 5) is 25.3. The van der Waals surface area contributed by atoms with Crippen molar-refractivity contribution in [2.45, 2.75) is 45.1 Å². The van der Waals surface area contributed by atoms with E-state index in [2.05, 4.69) is 0 Å². The molecule has 5 nitrogen and oxygen atoms in total. The van der Waals surface area contributed by atoms with Crippen molar-refractivity contribution in [3.05, 3.63) is 35.6 Å². The molecule has 1 fully saturated rings. The van der Waals surface area contributed by atoms with Gasteiger partial charge in [0.1, 0.15) is 11.4 Å². The number of carbonyl (C=O) groups is 2. The van der Waals surface area contributed by atoms with Crippen LogP contribution >= 0.6 is 0 Å². The Morgan fingerprint density at radius 2 is 1.83 bits per heavy atom. The van der Waals surface area contributed by atoms with E-state index in [0.717, 1.165) is 0 Å². The zero-order chi connectivity index (χ0) is 17.9. The minimum Gasteiger partial charge on any atom is -0.481 e. The molecular formula is C18H24FNO4. The van der Waals surface area contributed by atoms with Crippen LogP contribution in [0.1, 0.15) is 45.1 Å². The van der Waals surface area contributed by atoms with E-state index in [1.807, 2.05) is 0 Å². The number of likely N-dealkylation sites (tertiary alicyclic amines) is 1. The van der Waals surface area contributed by atoms with Crippen LogP contribution in [-0.4, -0.2) is 40.8 Å². The van der Waals surface area contributed by atoms with Gasteiger partial charge in [0.25, 0.3) is 0 Å². The van der Waals surface area contributed by atoms with Crippen LogP contribution in [-0.2, 0) is 9.53 Å². The van der Waals surface area contributed by atoms with Gasteiger partial charge in [0.15, 0.2) is 0 Å². The van der Waals surface area contributed by atoms with Crippen molar-refractivity contribution in [2.75, 3.05) is 13.1 Å². The van der Waals surface area contributed by atoms with E-state index in [0.29, 0.717) is 25.9 Å². The number of carboxylic acid groups (broad SMARTS) is 1. The van der Waals surface area contributed by atoms with E-state index >= 15 is 0 Å². The fraction of sp³-hybridized carbons (Fsp3) is 0.556. The summed E-state index contributed by atoms with van der Waals surface area (Å²) in [5, 5.41) is 9.56. The maximum atomic E-state index is 14.0. The van der Waals surface area contributed by atoms with E-state index in [4.69, 9.17) is 4.74 Å². The van der Waals surface area contributed by atoms with Crippen molar-refractivity contribution in [3.8, 4) is 0 Å². The van der Waals surface area contributed by atoms with Crippen LogP contribution in [0.25, 0.3) is 0 Å². The Kier molecular flexibility index (Phi) is 5.47. The summed E-state index contributed by atoms with van der Waals surface area (Å²) in [7, 11) is 0. The summed E-state index contributed by atoms with van der Waals surface area (Å²) in [5.74, 6) is -2.64. The maximum Gasteiger partial charge on any atom is 0.410 e. The molecule has 1 aromatic rings. The number of halogens is 1. The molecule has 1 amide bonds. The van der Waals surface area contributed by atoms with Crippen LogP contribution in [0.4, 0.5) is 9.18 Å². The molecular weight excluding hydrogens is 313 g/mol. The number of amides is 1. The molecule has 1 aliphatic rings. The third-order valence-corrected chi connectivity index (χ3v) is 4.17. The number of rotatable bonds is 3. The highest BCUT2D eigenvalue weighted by atomic mass is 19.1. The first-order chi connectivity index (χ1) is 11.2. The van der Waals surface area contributed by atoms with Gasteiger partial charge in [0.05, 0.1) is 5.92 Å². The van der Waals surface area contributed by atoms with Gasteiger partial charge in [-0.15, -0.1) is 0 Å². The molecule has 1 atom stereocenters. The van der Waals surface area contributed by atoms with Crippen LogP contribution in [0, 0.1) is 11.7 Å². The predicted molar refractivity (Wildman–Crippen MR) is 87.3 cm³/mol. The van der Waals surface area contributed by atoms with E-state index in [1.54, 1.807) is 37.8 Å². The Hall–Kier alpha value is -2.11. The quantitative estimate of drug-likeness (QED) is 0.914. The lowest BCUT2D eigenvalue weighted by molar-refractivity contribution is -0.140. The van der Waals surface area contributed by atoms with Gasteiger partial charge >= 0.3 is 12.1 Å². The van der Waals surface area contributed by atoms with Gasteiger partial charge in [-0.3, -0.25) is 4.79 Å². The molecule has 1 N–H and O–H groups in total. The normalized spacial score (nSPS) is 17.4. The number of carboxylic acids is 1. The van der Waals surface area contributed by atoms with Crippen molar-refractivity contribution >= 4 is 12.1 Å². The average Bonchev–Trinajstić information content (AvgIpc) is 2.48. The van der Waals surface area contributed by atoms with E-state index < -0.39 is 29.4 Å². The summed E-state index contributed by atoms with van der Waals surface area (Å²) >= 11 is 0. The van der Waals surface area contributed by atoms with Gasteiger partial charge in [-0.05, 0) is 45.6 Å². The molecule has 0 saturated carbocycles. The summed E-state index contributed by atoms with van der Waals surface area (Å²) in [6, 6.07) is 5.99. The monoisotopic (exact) mass is 337 g/mol. The van der Waals surface area contributed by atoms with Crippen LogP contribution in [0.5, 0.6) is 0 Å². The standard InChI is InChI=1S/C18H24FNO4/c1-18(2,3)24-17(23)20-10-8-12(9-11-20)15(16(21)22)13-6-4-5-7-14(13)19/h4-7,12,15H,8-11H2,1-3H3,(H,21,22). The molecule has 0 bridgehead atoms. The molecule has 1 aromatic carbocycles. The first-order valence-electron chi connectivity index (χ1n) is 8.14. The number of benzene rings is 1. The van der Waals surface area contributed by atoms with Crippen molar-refractivity contribution in [1.82, 2.24) is 4.90 Å². The topological polar surface area (TPSA) is 66.8 Å². The minimum absolute atomic E-state index is 0.209. The highest BCUT2D eigenvalue weighted by molar-refractivity contribution is 5.76. The SMILES string of the molecule is CC(C)(C)OC(=O)N1CCC(C(C(=O)O)c2ccccc2F)CC1. The van der Waals surface area contributed by atoms with Gasteiger partial charge in [-0.2, -0.15) is 0 Å². The second-order valence-electron chi connectivity index (χ2n) is 7.14. The Bertz CT molecular complexity index is 603. The summed E-state index contributed by atoms with van der Waals surface area (Å²) < 4.78 is 19.3. The molecule has 1 unspecified atom stereocenters. The van der Waals surface area contributed by atoms with Crippen molar-refractivity contribution in [3.63, 3.8) is 0 Å². The molecule has 0 spiro atoms. The Morgan fingerprint density at radius 3 is 2.33 bits per heavy atom. The third kappa shape index (κ3) is 4.46. The molecule has 0 aromatic heterocycles. The molecule has 0 aliphatic carbocycles. The smallest absolute Gasteiger partial charge is 0.410 e. The lowest BCUT2D eigenvalue weighted by Crippen LogP contribution is -2.43. The zero-order valence-electron chi connectivity index (χ0n) is 14.3. The number of ether oxygens (including phenoxy) is 1. The molecule has 1 aliphatic heterocycles. The largest absolute Gasteiger partial charge is 0.481 e. The fourth-order valence-electron chi connectivity index (χ4n) is 3.06. The second-order valence-corrected chi connectivity index (χ2v) is 7.14. The van der Waals surface area contributed by atoms with Crippen LogP contribution in [0.3, 0.4) is 0 Å². The minimum atomic E-state index is -1.03. The molecule has 2 rings (SSSR count). The molecule has 1 heterocycles. The fourth-order valence-corrected chi connectivity index (χ4v) is 3.06. The van der Waals surface area contributed by atoms with Gasteiger partial charge in [-0.25, -0.2) is 9.18 Å². The summed E-state index contributed by atoms with van der Waals surface area (Å²) in [6.07, 6.45) is 0.619. The van der Waals surface area contributed by atoms with Gasteiger partial charge in [-0.1, -0.05) is 18.2 Å². The van der Waals surface area contributed by atoms with Crippen molar-refractivity contribution in [2.24, 2.45) is 5.92 Å². The van der Waals surface area contributed by atoms with Gasteiger partial charge in [0, 0.05) is 18.7 Å². The maximum absolute atomic E-state index is 14.0. The molecule has 1 saturated heterocycles. The number of nitrogens with zero attached hydrogens (tertiary/aromatic N) is 1. The number of carbonyl (C=O) groups excluding carboxylic acids is 1. The first-order valence-corrected chi connectivity index (χ1v) is 8.14.